The molecule has 190 valence electrons. The molecular weight excluding hydrogens is 458 g/mol. The summed E-state index contributed by atoms with van der Waals surface area (Å²) in [5.74, 6) is -0.195. The van der Waals surface area contributed by atoms with Gasteiger partial charge in [-0.3, -0.25) is 4.79 Å². The zero-order chi connectivity index (χ0) is 25.2. The van der Waals surface area contributed by atoms with Crippen molar-refractivity contribution in [2.45, 2.75) is 57.5 Å². The van der Waals surface area contributed by atoms with Gasteiger partial charge in [-0.05, 0) is 16.7 Å². The van der Waals surface area contributed by atoms with Crippen molar-refractivity contribution in [2.75, 3.05) is 6.54 Å². The molecule has 3 aromatic carbocycles. The molecule has 0 unspecified atom stereocenters. The summed E-state index contributed by atoms with van der Waals surface area (Å²) in [5, 5.41) is 13.7. The third kappa shape index (κ3) is 7.46. The molecule has 36 heavy (non-hydrogen) atoms. The van der Waals surface area contributed by atoms with E-state index in [1.54, 1.807) is 0 Å². The number of carbonyl (C=O) groups excluding carboxylic acids is 1. The van der Waals surface area contributed by atoms with E-state index >= 15 is 0 Å². The Balaban J connectivity index is 1.57. The van der Waals surface area contributed by atoms with Crippen molar-refractivity contribution in [3.63, 3.8) is 0 Å². The van der Waals surface area contributed by atoms with Crippen molar-refractivity contribution in [1.29, 1.82) is 0 Å². The second-order valence-corrected chi connectivity index (χ2v) is 8.79. The maximum absolute atomic E-state index is 11.6. The second kappa shape index (κ2) is 13.3. The fourth-order valence-electron chi connectivity index (χ4n) is 4.17. The highest BCUT2D eigenvalue weighted by atomic mass is 16.7. The van der Waals surface area contributed by atoms with E-state index in [4.69, 9.17) is 18.9 Å². The van der Waals surface area contributed by atoms with Crippen LogP contribution in [0.3, 0.4) is 0 Å². The number of amides is 1. The van der Waals surface area contributed by atoms with Crippen LogP contribution < -0.4 is 5.32 Å². The highest BCUT2D eigenvalue weighted by molar-refractivity contribution is 5.72. The fourth-order valence-corrected chi connectivity index (χ4v) is 4.17. The normalized spacial score (nSPS) is 23.8. The summed E-state index contributed by atoms with van der Waals surface area (Å²) < 4.78 is 24.8. The van der Waals surface area contributed by atoms with Crippen molar-refractivity contribution in [2.24, 2.45) is 0 Å². The van der Waals surface area contributed by atoms with Crippen molar-refractivity contribution in [3.05, 3.63) is 108 Å². The molecule has 1 aliphatic heterocycles. The molecule has 4 rings (SSSR count). The van der Waals surface area contributed by atoms with Crippen molar-refractivity contribution in [1.82, 2.24) is 5.32 Å². The monoisotopic (exact) mass is 491 g/mol. The van der Waals surface area contributed by atoms with Crippen molar-refractivity contribution < 1.29 is 28.8 Å². The molecule has 7 heteroatoms. The first-order valence-corrected chi connectivity index (χ1v) is 12.1. The molecule has 3 aromatic rings. The number of ether oxygens (including phenoxy) is 4. The van der Waals surface area contributed by atoms with Crippen LogP contribution in [0.2, 0.25) is 0 Å². The van der Waals surface area contributed by atoms with Crippen LogP contribution in [0.5, 0.6) is 0 Å². The van der Waals surface area contributed by atoms with E-state index in [2.05, 4.69) is 5.32 Å². The molecule has 5 atom stereocenters. The SMILES string of the molecule is CC(=O)NC[C@H]1O[C@H](O)[C@H](OCc2ccccc2)[C@@H](OCc2ccccc2)[C@@H]1OCc1ccccc1. The number of carbonyl (C=O) groups is 1. The molecule has 0 radical (unpaired) electrons. The molecule has 0 bridgehead atoms. The zero-order valence-corrected chi connectivity index (χ0v) is 20.4. The average molecular weight is 492 g/mol. The maximum atomic E-state index is 11.6. The predicted octanol–water partition coefficient (Wildman–Crippen LogP) is 3.60. The van der Waals surface area contributed by atoms with E-state index < -0.39 is 30.7 Å². The lowest BCUT2D eigenvalue weighted by atomic mass is 9.97. The third-order valence-electron chi connectivity index (χ3n) is 6.02. The summed E-state index contributed by atoms with van der Waals surface area (Å²) in [5.41, 5.74) is 2.94. The standard InChI is InChI=1S/C29H33NO6/c1-21(31)30-17-25-26(33-18-22-11-5-2-6-12-22)27(34-19-23-13-7-3-8-14-23)28(29(32)36-25)35-20-24-15-9-4-10-16-24/h2-16,25-29,32H,17-20H2,1H3,(H,30,31)/t25-,26-,27+,28-,29+/m1/s1. The van der Waals surface area contributed by atoms with Crippen LogP contribution in [0.15, 0.2) is 91.0 Å². The average Bonchev–Trinajstić information content (AvgIpc) is 2.91. The molecule has 2 N–H and O–H groups in total. The molecule has 1 fully saturated rings. The maximum Gasteiger partial charge on any atom is 0.216 e. The fraction of sp³-hybridized carbons (Fsp3) is 0.345. The minimum absolute atomic E-state index is 0.169. The quantitative estimate of drug-likeness (QED) is 0.426. The molecule has 0 saturated carbocycles. The van der Waals surface area contributed by atoms with Gasteiger partial charge in [-0.25, -0.2) is 0 Å². The molecule has 1 amide bonds. The van der Waals surface area contributed by atoms with Crippen molar-refractivity contribution in [3.8, 4) is 0 Å². The number of aliphatic hydroxyl groups excluding tert-OH is 1. The smallest absolute Gasteiger partial charge is 0.216 e. The predicted molar refractivity (Wildman–Crippen MR) is 135 cm³/mol. The lowest BCUT2D eigenvalue weighted by Crippen LogP contribution is -2.62. The van der Waals surface area contributed by atoms with E-state index in [1.165, 1.54) is 6.92 Å². The Morgan fingerprint density at radius 1 is 0.722 bits per heavy atom. The molecule has 7 nitrogen and oxygen atoms in total. The summed E-state index contributed by atoms with van der Waals surface area (Å²) >= 11 is 0. The van der Waals surface area contributed by atoms with E-state index in [0.717, 1.165) is 16.7 Å². The van der Waals surface area contributed by atoms with Gasteiger partial charge in [0.15, 0.2) is 6.29 Å². The Bertz CT molecular complexity index is 1050. The highest BCUT2D eigenvalue weighted by Gasteiger charge is 2.47. The first kappa shape index (κ1) is 26.0. The molecular formula is C29H33NO6. The number of hydrogen-bond acceptors (Lipinski definition) is 6. The van der Waals surface area contributed by atoms with Crippen LogP contribution >= 0.6 is 0 Å². The van der Waals surface area contributed by atoms with Gasteiger partial charge in [0, 0.05) is 13.5 Å². The molecule has 1 heterocycles. The van der Waals surface area contributed by atoms with Crippen LogP contribution in [0.4, 0.5) is 0 Å². The number of benzene rings is 3. The minimum atomic E-state index is -1.26. The van der Waals surface area contributed by atoms with Gasteiger partial charge in [0.05, 0.1) is 19.8 Å². The van der Waals surface area contributed by atoms with Crippen LogP contribution in [0.1, 0.15) is 23.6 Å². The first-order valence-electron chi connectivity index (χ1n) is 12.1. The van der Waals surface area contributed by atoms with Crippen LogP contribution in [-0.2, 0) is 43.6 Å². The summed E-state index contributed by atoms with van der Waals surface area (Å²) in [4.78, 5) is 11.6. The van der Waals surface area contributed by atoms with E-state index in [-0.39, 0.29) is 19.1 Å². The zero-order valence-electron chi connectivity index (χ0n) is 20.4. The van der Waals surface area contributed by atoms with Crippen LogP contribution in [0, 0.1) is 0 Å². The lowest BCUT2D eigenvalue weighted by Gasteiger charge is -2.44. The Hall–Kier alpha value is -3.07. The van der Waals surface area contributed by atoms with Gasteiger partial charge >= 0.3 is 0 Å². The lowest BCUT2D eigenvalue weighted by molar-refractivity contribution is -0.310. The topological polar surface area (TPSA) is 86.3 Å². The molecule has 0 aromatic heterocycles. The number of aliphatic hydroxyl groups is 1. The highest BCUT2D eigenvalue weighted by Crippen LogP contribution is 2.29. The van der Waals surface area contributed by atoms with Gasteiger partial charge < -0.3 is 29.4 Å². The van der Waals surface area contributed by atoms with E-state index in [9.17, 15) is 9.90 Å². The molecule has 0 spiro atoms. The summed E-state index contributed by atoms with van der Waals surface area (Å²) in [6, 6.07) is 29.3. The van der Waals surface area contributed by atoms with Crippen molar-refractivity contribution >= 4 is 5.91 Å². The Morgan fingerprint density at radius 2 is 1.14 bits per heavy atom. The minimum Gasteiger partial charge on any atom is -0.368 e. The summed E-state index contributed by atoms with van der Waals surface area (Å²) in [7, 11) is 0. The van der Waals surface area contributed by atoms with Crippen LogP contribution in [0.25, 0.3) is 0 Å². The van der Waals surface area contributed by atoms with Crippen LogP contribution in [-0.4, -0.2) is 48.3 Å². The Kier molecular flexibility index (Phi) is 9.61. The Morgan fingerprint density at radius 3 is 1.58 bits per heavy atom. The number of hydrogen-bond donors (Lipinski definition) is 2. The van der Waals surface area contributed by atoms with E-state index in [0.29, 0.717) is 13.2 Å². The Labute approximate surface area is 212 Å². The molecule has 1 saturated heterocycles. The van der Waals surface area contributed by atoms with E-state index in [1.807, 2.05) is 91.0 Å². The van der Waals surface area contributed by atoms with Gasteiger partial charge in [-0.15, -0.1) is 0 Å². The van der Waals surface area contributed by atoms with Gasteiger partial charge in [0.2, 0.25) is 5.91 Å². The van der Waals surface area contributed by atoms with Gasteiger partial charge in [-0.1, -0.05) is 91.0 Å². The molecule has 1 aliphatic rings. The third-order valence-corrected chi connectivity index (χ3v) is 6.02. The van der Waals surface area contributed by atoms with Gasteiger partial charge in [0.25, 0.3) is 0 Å². The van der Waals surface area contributed by atoms with Gasteiger partial charge in [0.1, 0.15) is 24.4 Å². The largest absolute Gasteiger partial charge is 0.368 e. The van der Waals surface area contributed by atoms with Gasteiger partial charge in [-0.2, -0.15) is 0 Å². The number of nitrogens with one attached hydrogen (secondary N) is 1. The summed E-state index contributed by atoms with van der Waals surface area (Å²) in [6.45, 7) is 2.51. The first-order chi connectivity index (χ1) is 17.6. The molecule has 0 aliphatic carbocycles. The second-order valence-electron chi connectivity index (χ2n) is 8.79. The summed E-state index contributed by atoms with van der Waals surface area (Å²) in [6.07, 6.45) is -3.96. The number of rotatable bonds is 11.